The van der Waals surface area contributed by atoms with E-state index in [4.69, 9.17) is 4.43 Å². The molecule has 0 N–H and O–H groups in total. The molecule has 109 valence electrons. The quantitative estimate of drug-likeness (QED) is 0.634. The van der Waals surface area contributed by atoms with Crippen molar-refractivity contribution in [1.29, 1.82) is 0 Å². The summed E-state index contributed by atoms with van der Waals surface area (Å²) in [6.07, 6.45) is 3.38. The summed E-state index contributed by atoms with van der Waals surface area (Å²) in [5.74, 6) is 0.842. The van der Waals surface area contributed by atoms with Gasteiger partial charge < -0.3 is 4.43 Å². The molecule has 0 aliphatic heterocycles. The first-order valence-corrected chi connectivity index (χ1v) is 9.30. The molecule has 0 amide bonds. The Hall–Kier alpha value is -2.01. The molecular formula is C16H21N3OSi+. The van der Waals surface area contributed by atoms with Crippen LogP contribution < -0.4 is 4.43 Å². The van der Waals surface area contributed by atoms with E-state index in [-0.39, 0.29) is 1.43 Å². The Labute approximate surface area is 129 Å². The lowest BCUT2D eigenvalue weighted by atomic mass is 10.2. The Kier molecular flexibility index (Phi) is 4.85. The minimum absolute atomic E-state index is 0. The third-order valence-electron chi connectivity index (χ3n) is 2.94. The second kappa shape index (κ2) is 6.63. The van der Waals surface area contributed by atoms with E-state index < -0.39 is 9.04 Å². The number of hydrogen-bond acceptors (Lipinski definition) is 4. The van der Waals surface area contributed by atoms with Crippen LogP contribution in [0.25, 0.3) is 0 Å². The molecule has 4 nitrogen and oxygen atoms in total. The topological polar surface area (TPSA) is 47.4 Å². The van der Waals surface area contributed by atoms with Gasteiger partial charge in [-0.05, 0) is 51.6 Å². The summed E-state index contributed by atoms with van der Waals surface area (Å²) >= 11 is 0. The van der Waals surface area contributed by atoms with Gasteiger partial charge in [0.15, 0.2) is 0 Å². The molecule has 0 aliphatic rings. The van der Waals surface area contributed by atoms with Gasteiger partial charge in [0.2, 0.25) is 0 Å². The van der Waals surface area contributed by atoms with Crippen molar-refractivity contribution in [1.82, 2.24) is 9.97 Å². The minimum atomic E-state index is -0.830. The van der Waals surface area contributed by atoms with E-state index >= 15 is 0 Å². The molecule has 0 unspecified atom stereocenters. The average Bonchev–Trinajstić information content (AvgIpc) is 2.41. The van der Waals surface area contributed by atoms with E-state index in [1.165, 1.54) is 5.56 Å². The highest BCUT2D eigenvalue weighted by Crippen LogP contribution is 2.29. The Morgan fingerprint density at radius 2 is 1.90 bits per heavy atom. The molecule has 0 atom stereocenters. The first kappa shape index (κ1) is 15.4. The van der Waals surface area contributed by atoms with Crippen LogP contribution in [0.15, 0.2) is 35.6 Å². The van der Waals surface area contributed by atoms with Gasteiger partial charge in [0.1, 0.15) is 17.1 Å². The zero-order valence-electron chi connectivity index (χ0n) is 14.1. The number of rotatable bonds is 4. The van der Waals surface area contributed by atoms with E-state index in [9.17, 15) is 0 Å². The predicted molar refractivity (Wildman–Crippen MR) is 89.0 cm³/mol. The molecule has 0 aliphatic carbocycles. The second-order valence-corrected chi connectivity index (χ2v) is 7.19. The number of nitrogens with zero attached hydrogens (tertiary/aromatic N) is 3. The summed E-state index contributed by atoms with van der Waals surface area (Å²) in [7, 11) is -0.830. The molecule has 2 aromatic rings. The Morgan fingerprint density at radius 1 is 1.19 bits per heavy atom. The third-order valence-corrected chi connectivity index (χ3v) is 3.57. The van der Waals surface area contributed by atoms with Gasteiger partial charge in [-0.25, -0.2) is 4.99 Å². The monoisotopic (exact) mass is 299 g/mol. The maximum atomic E-state index is 5.95. The Bertz CT molecular complexity index is 674. The molecule has 1 radical (unpaired) electrons. The van der Waals surface area contributed by atoms with Crippen molar-refractivity contribution < 1.29 is 5.85 Å². The summed E-state index contributed by atoms with van der Waals surface area (Å²) < 4.78 is 5.95. The van der Waals surface area contributed by atoms with Crippen LogP contribution in [0.1, 0.15) is 25.3 Å². The van der Waals surface area contributed by atoms with Gasteiger partial charge in [-0.3, -0.25) is 9.97 Å². The van der Waals surface area contributed by atoms with E-state index in [0.29, 0.717) is 0 Å². The highest BCUT2D eigenvalue weighted by atomic mass is 28.3. The Morgan fingerprint density at radius 3 is 2.57 bits per heavy atom. The number of benzene rings is 1. The largest absolute Gasteiger partial charge is 1.00 e. The fourth-order valence-corrected chi connectivity index (χ4v) is 2.62. The molecule has 2 rings (SSSR count). The van der Waals surface area contributed by atoms with Crippen molar-refractivity contribution in [2.75, 3.05) is 0 Å². The molecule has 0 fully saturated rings. The van der Waals surface area contributed by atoms with Gasteiger partial charge in [0.05, 0.1) is 11.4 Å². The molecule has 1 aromatic carbocycles. The van der Waals surface area contributed by atoms with Crippen LogP contribution in [-0.4, -0.2) is 24.7 Å². The zero-order chi connectivity index (χ0) is 15.4. The lowest BCUT2D eigenvalue weighted by molar-refractivity contribution is 0.581. The van der Waals surface area contributed by atoms with Gasteiger partial charge in [-0.15, -0.1) is 0 Å². The molecule has 0 bridgehead atoms. The number of aryl methyl sites for hydroxylation is 2. The standard InChI is InChI=1S/C16H20N3OSi/c1-11-6-7-14(15(10-11)20-21(4)5)19-13(3)16-12(2)17-8-9-18-16/h6-10H,1-5H3/p+1. The molecule has 1 heterocycles. The molecule has 1 aromatic heterocycles. The summed E-state index contributed by atoms with van der Waals surface area (Å²) in [4.78, 5) is 13.3. The van der Waals surface area contributed by atoms with Crippen LogP contribution in [0.3, 0.4) is 0 Å². The van der Waals surface area contributed by atoms with Gasteiger partial charge in [0, 0.05) is 12.4 Å². The maximum absolute atomic E-state index is 5.95. The normalized spacial score (nSPS) is 11.8. The maximum Gasteiger partial charge on any atom is 1.00 e. The third kappa shape index (κ3) is 3.98. The number of hydrogen-bond donors (Lipinski definition) is 0. The fourth-order valence-electron chi connectivity index (χ4n) is 2.01. The van der Waals surface area contributed by atoms with Gasteiger partial charge in [-0.2, -0.15) is 0 Å². The van der Waals surface area contributed by atoms with Crippen LogP contribution in [0.5, 0.6) is 5.75 Å². The average molecular weight is 299 g/mol. The smallest absolute Gasteiger partial charge is 0.541 e. The first-order valence-electron chi connectivity index (χ1n) is 6.89. The SMILES string of the molecule is CC(=Nc1ccc(C)cc1O[Si](C)C)c1nccnc1C.[H+]. The molecular weight excluding hydrogens is 278 g/mol. The van der Waals surface area contributed by atoms with Crippen LogP contribution >= 0.6 is 0 Å². The molecule has 5 heteroatoms. The number of aromatic nitrogens is 2. The van der Waals surface area contributed by atoms with Gasteiger partial charge >= 0.3 is 1.43 Å². The summed E-state index contributed by atoms with van der Waals surface area (Å²) in [6, 6.07) is 6.07. The highest BCUT2D eigenvalue weighted by Gasteiger charge is 2.09. The fraction of sp³-hybridized carbons (Fsp3) is 0.312. The second-order valence-electron chi connectivity index (χ2n) is 5.17. The van der Waals surface area contributed by atoms with Gasteiger partial charge in [0.25, 0.3) is 9.04 Å². The van der Waals surface area contributed by atoms with Crippen LogP contribution in [0.4, 0.5) is 5.69 Å². The van der Waals surface area contributed by atoms with E-state index in [1.54, 1.807) is 12.4 Å². The molecule has 21 heavy (non-hydrogen) atoms. The summed E-state index contributed by atoms with van der Waals surface area (Å²) in [5, 5.41) is 0. The van der Waals surface area contributed by atoms with Gasteiger partial charge in [-0.1, -0.05) is 6.07 Å². The highest BCUT2D eigenvalue weighted by molar-refractivity contribution is 6.49. The van der Waals surface area contributed by atoms with Crippen molar-refractivity contribution in [2.45, 2.75) is 33.9 Å². The van der Waals surface area contributed by atoms with Crippen molar-refractivity contribution in [3.63, 3.8) is 0 Å². The lowest BCUT2D eigenvalue weighted by Gasteiger charge is -2.12. The van der Waals surface area contributed by atoms with Crippen molar-refractivity contribution >= 4 is 20.4 Å². The predicted octanol–water partition coefficient (Wildman–Crippen LogP) is 3.98. The first-order chi connectivity index (χ1) is 9.97. The number of aliphatic imine (C=N–C) groups is 1. The minimum Gasteiger partial charge on any atom is -0.541 e. The zero-order valence-corrected chi connectivity index (χ0v) is 14.1. The van der Waals surface area contributed by atoms with Crippen LogP contribution in [-0.2, 0) is 0 Å². The molecule has 0 saturated carbocycles. The van der Waals surface area contributed by atoms with Crippen molar-refractivity contribution in [3.8, 4) is 5.75 Å². The van der Waals surface area contributed by atoms with Crippen LogP contribution in [0.2, 0.25) is 13.1 Å². The van der Waals surface area contributed by atoms with E-state index in [0.717, 1.165) is 28.5 Å². The summed E-state index contributed by atoms with van der Waals surface area (Å²) in [6.45, 7) is 10.2. The van der Waals surface area contributed by atoms with Crippen LogP contribution in [0, 0.1) is 13.8 Å². The van der Waals surface area contributed by atoms with E-state index in [2.05, 4.69) is 35.0 Å². The van der Waals surface area contributed by atoms with Crippen molar-refractivity contribution in [3.05, 3.63) is 47.5 Å². The lowest BCUT2D eigenvalue weighted by Crippen LogP contribution is -2.11. The summed E-state index contributed by atoms with van der Waals surface area (Å²) in [5.41, 5.74) is 4.55. The Balaban J connectivity index is 0.00000242. The van der Waals surface area contributed by atoms with E-state index in [1.807, 2.05) is 32.0 Å². The molecule has 0 saturated heterocycles. The molecule has 0 spiro atoms. The van der Waals surface area contributed by atoms with Crippen molar-refractivity contribution in [2.24, 2.45) is 4.99 Å².